The van der Waals surface area contributed by atoms with Crippen molar-refractivity contribution in [3.8, 4) is 11.5 Å². The first kappa shape index (κ1) is 18.6. The molecule has 1 amide bonds. The molecule has 1 N–H and O–H groups in total. The first-order chi connectivity index (χ1) is 13.5. The molecular weight excluding hydrogens is 359 g/mol. The highest BCUT2D eigenvalue weighted by Gasteiger charge is 2.31. The van der Waals surface area contributed by atoms with E-state index in [1.807, 2.05) is 42.2 Å². The number of benzene rings is 2. The molecule has 28 heavy (non-hydrogen) atoms. The fraction of sp³-hybridized carbons (Fsp3) is 0.409. The molecule has 1 heterocycles. The van der Waals surface area contributed by atoms with E-state index in [1.54, 1.807) is 6.07 Å². The zero-order chi connectivity index (χ0) is 19.7. The van der Waals surface area contributed by atoms with Crippen molar-refractivity contribution in [2.24, 2.45) is 0 Å². The van der Waals surface area contributed by atoms with Gasteiger partial charge in [-0.2, -0.15) is 0 Å². The minimum Gasteiger partial charge on any atom is -0.490 e. The molecule has 2 aliphatic rings. The highest BCUT2D eigenvalue weighted by molar-refractivity contribution is 5.73. The second kappa shape index (κ2) is 7.70. The maximum atomic E-state index is 14.4. The largest absolute Gasteiger partial charge is 0.490 e. The Morgan fingerprint density at radius 1 is 1.07 bits per heavy atom. The number of rotatable bonds is 7. The standard InChI is InChI=1S/C22H25FN2O3/c1-14(24-15(2)26)16-3-5-17(6-4-16)28-20-12-25(13-20)22-10-9-19(11-21(22)23)27-18-7-8-18/h3-6,9-11,14,18,20H,7-8,12-13H2,1-2H3,(H,24,26). The number of nitrogens with one attached hydrogen (secondary N) is 1. The van der Waals surface area contributed by atoms with Crippen molar-refractivity contribution >= 4 is 11.6 Å². The normalized spacial score (nSPS) is 17.6. The Balaban J connectivity index is 1.29. The molecule has 6 heteroatoms. The summed E-state index contributed by atoms with van der Waals surface area (Å²) in [6.45, 7) is 4.73. The lowest BCUT2D eigenvalue weighted by molar-refractivity contribution is -0.119. The van der Waals surface area contributed by atoms with Gasteiger partial charge in [-0.25, -0.2) is 4.39 Å². The first-order valence-electron chi connectivity index (χ1n) is 9.73. The number of ether oxygens (including phenoxy) is 2. The Bertz CT molecular complexity index is 845. The van der Waals surface area contributed by atoms with E-state index in [4.69, 9.17) is 9.47 Å². The Morgan fingerprint density at radius 3 is 2.32 bits per heavy atom. The van der Waals surface area contributed by atoms with Crippen molar-refractivity contribution in [3.63, 3.8) is 0 Å². The molecule has 1 unspecified atom stereocenters. The lowest BCUT2D eigenvalue weighted by Crippen LogP contribution is -2.54. The van der Waals surface area contributed by atoms with Crippen LogP contribution in [0.2, 0.25) is 0 Å². The van der Waals surface area contributed by atoms with Gasteiger partial charge in [-0.15, -0.1) is 0 Å². The number of anilines is 1. The predicted molar refractivity (Wildman–Crippen MR) is 105 cm³/mol. The molecule has 4 rings (SSSR count). The second-order valence-corrected chi connectivity index (χ2v) is 7.57. The highest BCUT2D eigenvalue weighted by Crippen LogP contribution is 2.32. The minimum absolute atomic E-state index is 0.0282. The summed E-state index contributed by atoms with van der Waals surface area (Å²) in [5.41, 5.74) is 1.61. The number of halogens is 1. The zero-order valence-electron chi connectivity index (χ0n) is 16.2. The van der Waals surface area contributed by atoms with Crippen LogP contribution in [0.25, 0.3) is 0 Å². The van der Waals surface area contributed by atoms with Gasteiger partial charge in [0.25, 0.3) is 0 Å². The van der Waals surface area contributed by atoms with Crippen molar-refractivity contribution in [1.29, 1.82) is 0 Å². The molecule has 148 valence electrons. The van der Waals surface area contributed by atoms with Crippen molar-refractivity contribution in [3.05, 3.63) is 53.8 Å². The molecule has 2 aromatic rings. The van der Waals surface area contributed by atoms with Crippen LogP contribution in [0.4, 0.5) is 10.1 Å². The van der Waals surface area contributed by atoms with Crippen molar-refractivity contribution in [1.82, 2.24) is 5.32 Å². The Labute approximate surface area is 164 Å². The Hall–Kier alpha value is -2.76. The summed E-state index contributed by atoms with van der Waals surface area (Å²) in [4.78, 5) is 13.1. The third-order valence-corrected chi connectivity index (χ3v) is 5.04. The Morgan fingerprint density at radius 2 is 1.71 bits per heavy atom. The fourth-order valence-electron chi connectivity index (χ4n) is 3.32. The zero-order valence-corrected chi connectivity index (χ0v) is 16.2. The molecule has 1 atom stereocenters. The van der Waals surface area contributed by atoms with Gasteiger partial charge in [-0.1, -0.05) is 12.1 Å². The highest BCUT2D eigenvalue weighted by atomic mass is 19.1. The summed E-state index contributed by atoms with van der Waals surface area (Å²) < 4.78 is 26.0. The van der Waals surface area contributed by atoms with Crippen molar-refractivity contribution < 1.29 is 18.7 Å². The maximum Gasteiger partial charge on any atom is 0.217 e. The van der Waals surface area contributed by atoms with E-state index in [2.05, 4.69) is 5.32 Å². The number of carbonyl (C=O) groups excluding carboxylic acids is 1. The van der Waals surface area contributed by atoms with E-state index < -0.39 is 0 Å². The fourth-order valence-corrected chi connectivity index (χ4v) is 3.32. The maximum absolute atomic E-state index is 14.4. The van der Waals surface area contributed by atoms with Gasteiger partial charge in [0.1, 0.15) is 23.4 Å². The van der Waals surface area contributed by atoms with Gasteiger partial charge in [0.2, 0.25) is 5.91 Å². The van der Waals surface area contributed by atoms with Crippen LogP contribution < -0.4 is 19.7 Å². The molecule has 0 spiro atoms. The van der Waals surface area contributed by atoms with Crippen LogP contribution in [0.1, 0.15) is 38.3 Å². The summed E-state index contributed by atoms with van der Waals surface area (Å²) >= 11 is 0. The van der Waals surface area contributed by atoms with Crippen LogP contribution in [-0.2, 0) is 4.79 Å². The Kier molecular flexibility index (Phi) is 5.11. The van der Waals surface area contributed by atoms with E-state index in [0.717, 1.165) is 24.2 Å². The molecule has 1 saturated carbocycles. The topological polar surface area (TPSA) is 50.8 Å². The average Bonchev–Trinajstić information content (AvgIpc) is 3.42. The molecule has 0 radical (unpaired) electrons. The lowest BCUT2D eigenvalue weighted by atomic mass is 10.1. The van der Waals surface area contributed by atoms with E-state index in [0.29, 0.717) is 24.5 Å². The number of nitrogens with zero attached hydrogens (tertiary/aromatic N) is 1. The van der Waals surface area contributed by atoms with Crippen LogP contribution in [0, 0.1) is 5.82 Å². The summed E-state index contributed by atoms with van der Waals surface area (Å²) in [6, 6.07) is 12.7. The van der Waals surface area contributed by atoms with Crippen LogP contribution in [-0.4, -0.2) is 31.2 Å². The molecule has 1 aliphatic carbocycles. The first-order valence-corrected chi connectivity index (χ1v) is 9.73. The van der Waals surface area contributed by atoms with Gasteiger partial charge < -0.3 is 19.7 Å². The summed E-state index contributed by atoms with van der Waals surface area (Å²) in [6.07, 6.45) is 2.41. The number of amides is 1. The second-order valence-electron chi connectivity index (χ2n) is 7.57. The molecular formula is C22H25FN2O3. The van der Waals surface area contributed by atoms with Gasteiger partial charge in [-0.05, 0) is 49.6 Å². The van der Waals surface area contributed by atoms with Crippen molar-refractivity contribution in [2.75, 3.05) is 18.0 Å². The molecule has 2 fully saturated rings. The molecule has 1 saturated heterocycles. The minimum atomic E-state index is -0.257. The SMILES string of the molecule is CC(=O)NC(C)c1ccc(OC2CN(c3ccc(OC4CC4)cc3F)C2)cc1. The van der Waals surface area contributed by atoms with Gasteiger partial charge >= 0.3 is 0 Å². The molecule has 0 aromatic heterocycles. The quantitative estimate of drug-likeness (QED) is 0.788. The molecule has 1 aliphatic heterocycles. The smallest absolute Gasteiger partial charge is 0.217 e. The number of carbonyl (C=O) groups is 1. The van der Waals surface area contributed by atoms with Crippen LogP contribution in [0.3, 0.4) is 0 Å². The summed E-state index contributed by atoms with van der Waals surface area (Å²) in [5.74, 6) is 1.07. The van der Waals surface area contributed by atoms with Gasteiger partial charge in [0.05, 0.1) is 30.9 Å². The van der Waals surface area contributed by atoms with E-state index in [9.17, 15) is 9.18 Å². The number of hydrogen-bond acceptors (Lipinski definition) is 4. The van der Waals surface area contributed by atoms with Crippen LogP contribution >= 0.6 is 0 Å². The third kappa shape index (κ3) is 4.38. The molecule has 2 aromatic carbocycles. The van der Waals surface area contributed by atoms with Crippen LogP contribution in [0.15, 0.2) is 42.5 Å². The lowest BCUT2D eigenvalue weighted by Gasteiger charge is -2.40. The van der Waals surface area contributed by atoms with Crippen molar-refractivity contribution in [2.45, 2.75) is 44.9 Å². The molecule has 0 bridgehead atoms. The van der Waals surface area contributed by atoms with Gasteiger partial charge in [0, 0.05) is 13.0 Å². The van der Waals surface area contributed by atoms with E-state index in [-0.39, 0.29) is 30.0 Å². The van der Waals surface area contributed by atoms with Gasteiger partial charge in [0.15, 0.2) is 0 Å². The van der Waals surface area contributed by atoms with E-state index in [1.165, 1.54) is 13.0 Å². The number of hydrogen-bond donors (Lipinski definition) is 1. The monoisotopic (exact) mass is 384 g/mol. The van der Waals surface area contributed by atoms with Crippen LogP contribution in [0.5, 0.6) is 11.5 Å². The summed E-state index contributed by atoms with van der Waals surface area (Å²) in [7, 11) is 0. The predicted octanol–water partition coefficient (Wildman–Crippen LogP) is 3.83. The summed E-state index contributed by atoms with van der Waals surface area (Å²) in [5, 5.41) is 2.86. The third-order valence-electron chi connectivity index (χ3n) is 5.04. The van der Waals surface area contributed by atoms with Gasteiger partial charge in [-0.3, -0.25) is 4.79 Å². The average molecular weight is 384 g/mol. The van der Waals surface area contributed by atoms with E-state index >= 15 is 0 Å². The molecule has 5 nitrogen and oxygen atoms in total.